The molecule has 0 aliphatic carbocycles. The highest BCUT2D eigenvalue weighted by Crippen LogP contribution is 2.29. The lowest BCUT2D eigenvalue weighted by Gasteiger charge is -2.30. The van der Waals surface area contributed by atoms with Crippen LogP contribution in [-0.4, -0.2) is 42.8 Å². The van der Waals surface area contributed by atoms with Crippen molar-refractivity contribution in [2.24, 2.45) is 0 Å². The lowest BCUT2D eigenvalue weighted by molar-refractivity contribution is 0.0693. The number of rotatable bonds is 3. The molecule has 27 heavy (non-hydrogen) atoms. The molecule has 138 valence electrons. The molecule has 2 heterocycles. The number of hydrogen-bond acceptors (Lipinski definition) is 4. The summed E-state index contributed by atoms with van der Waals surface area (Å²) in [5.74, 6) is -1.01. The Hall–Kier alpha value is -3.15. The third kappa shape index (κ3) is 3.07. The second kappa shape index (κ2) is 6.87. The van der Waals surface area contributed by atoms with Crippen molar-refractivity contribution in [1.82, 2.24) is 4.90 Å². The van der Waals surface area contributed by atoms with Gasteiger partial charge in [-0.05, 0) is 49.6 Å². The van der Waals surface area contributed by atoms with E-state index >= 15 is 0 Å². The van der Waals surface area contributed by atoms with E-state index in [0.29, 0.717) is 11.1 Å². The Labute approximate surface area is 157 Å². The third-order valence-corrected chi connectivity index (χ3v) is 5.20. The summed E-state index contributed by atoms with van der Waals surface area (Å²) in [5.41, 5.74) is 2.74. The number of imide groups is 1. The van der Waals surface area contributed by atoms with Gasteiger partial charge in [0.05, 0.1) is 22.5 Å². The molecule has 1 saturated heterocycles. The maximum Gasteiger partial charge on any atom is 0.261 e. The molecule has 0 aromatic heterocycles. The number of anilines is 2. The quantitative estimate of drug-likeness (QED) is 0.851. The second-order valence-electron chi connectivity index (χ2n) is 6.95. The summed E-state index contributed by atoms with van der Waals surface area (Å²) in [6.07, 6.45) is 3.54. The van der Waals surface area contributed by atoms with Crippen LogP contribution in [0.2, 0.25) is 0 Å². The van der Waals surface area contributed by atoms with Gasteiger partial charge in [0.15, 0.2) is 0 Å². The molecule has 2 aromatic rings. The average molecular weight is 363 g/mol. The molecule has 1 fully saturated rings. The van der Waals surface area contributed by atoms with E-state index in [0.717, 1.165) is 42.2 Å². The molecule has 0 bridgehead atoms. The van der Waals surface area contributed by atoms with Crippen LogP contribution >= 0.6 is 0 Å². The van der Waals surface area contributed by atoms with Crippen LogP contribution in [0.15, 0.2) is 42.5 Å². The second-order valence-corrected chi connectivity index (χ2v) is 6.95. The van der Waals surface area contributed by atoms with Gasteiger partial charge in [-0.2, -0.15) is 0 Å². The molecule has 0 radical (unpaired) electrons. The first-order valence-electron chi connectivity index (χ1n) is 9.18. The van der Waals surface area contributed by atoms with Gasteiger partial charge < -0.3 is 10.2 Å². The van der Waals surface area contributed by atoms with E-state index in [1.165, 1.54) is 19.5 Å². The van der Waals surface area contributed by atoms with E-state index in [1.54, 1.807) is 12.1 Å². The largest absolute Gasteiger partial charge is 0.370 e. The summed E-state index contributed by atoms with van der Waals surface area (Å²) in [7, 11) is 1.44. The van der Waals surface area contributed by atoms with Crippen LogP contribution in [0.4, 0.5) is 11.4 Å². The molecule has 4 rings (SSSR count). The highest BCUT2D eigenvalue weighted by molar-refractivity contribution is 6.22. The number of carbonyl (C=O) groups excluding carboxylic acids is 3. The van der Waals surface area contributed by atoms with Crippen molar-refractivity contribution in [2.75, 3.05) is 30.4 Å². The van der Waals surface area contributed by atoms with Crippen molar-refractivity contribution >= 4 is 29.1 Å². The molecule has 0 spiro atoms. The minimum absolute atomic E-state index is 0.277. The van der Waals surface area contributed by atoms with Gasteiger partial charge >= 0.3 is 0 Å². The van der Waals surface area contributed by atoms with E-state index < -0.39 is 0 Å². The summed E-state index contributed by atoms with van der Waals surface area (Å²) >= 11 is 0. The first-order chi connectivity index (χ1) is 13.1. The normalized spacial score (nSPS) is 16.5. The zero-order valence-electron chi connectivity index (χ0n) is 15.2. The summed E-state index contributed by atoms with van der Waals surface area (Å²) in [5, 5.41) is 2.96. The van der Waals surface area contributed by atoms with Crippen LogP contribution in [0.5, 0.6) is 0 Å². The monoisotopic (exact) mass is 363 g/mol. The zero-order chi connectivity index (χ0) is 19.0. The fourth-order valence-electron chi connectivity index (χ4n) is 3.69. The molecule has 2 aromatic carbocycles. The Balaban J connectivity index is 1.59. The van der Waals surface area contributed by atoms with Crippen LogP contribution in [0.25, 0.3) is 0 Å². The van der Waals surface area contributed by atoms with Crippen molar-refractivity contribution in [3.63, 3.8) is 0 Å². The van der Waals surface area contributed by atoms with Gasteiger partial charge in [-0.15, -0.1) is 0 Å². The van der Waals surface area contributed by atoms with Gasteiger partial charge in [0, 0.05) is 25.7 Å². The van der Waals surface area contributed by atoms with E-state index in [9.17, 15) is 14.4 Å². The van der Waals surface area contributed by atoms with Crippen LogP contribution in [0.3, 0.4) is 0 Å². The number of carbonyl (C=O) groups is 3. The summed E-state index contributed by atoms with van der Waals surface area (Å²) in [6, 6.07) is 12.4. The number of fused-ring (bicyclic) bond motifs is 1. The maximum atomic E-state index is 12.8. The van der Waals surface area contributed by atoms with E-state index in [-0.39, 0.29) is 23.3 Å². The molecule has 6 nitrogen and oxygen atoms in total. The summed E-state index contributed by atoms with van der Waals surface area (Å²) in [6.45, 7) is 1.96. The highest BCUT2D eigenvalue weighted by atomic mass is 16.2. The molecule has 6 heteroatoms. The SMILES string of the molecule is CN1C(=O)c2ccc(C(=O)Nc3ccccc3N3CCCCC3)cc2C1=O. The molecule has 2 aliphatic rings. The average Bonchev–Trinajstić information content (AvgIpc) is 2.93. The lowest BCUT2D eigenvalue weighted by atomic mass is 10.0. The van der Waals surface area contributed by atoms with E-state index in [1.807, 2.05) is 24.3 Å². The molecule has 3 amide bonds. The molecule has 2 aliphatic heterocycles. The molecule has 0 saturated carbocycles. The van der Waals surface area contributed by atoms with Gasteiger partial charge in [0.1, 0.15) is 0 Å². The predicted octanol–water partition coefficient (Wildman–Crippen LogP) is 3.16. The Morgan fingerprint density at radius 1 is 0.926 bits per heavy atom. The zero-order valence-corrected chi connectivity index (χ0v) is 15.2. The number of amides is 3. The molecule has 0 unspecified atom stereocenters. The van der Waals surface area contributed by atoms with Gasteiger partial charge in [-0.3, -0.25) is 19.3 Å². The van der Waals surface area contributed by atoms with Crippen LogP contribution < -0.4 is 10.2 Å². The number of para-hydroxylation sites is 2. The number of hydrogen-bond donors (Lipinski definition) is 1. The molecule has 0 atom stereocenters. The van der Waals surface area contributed by atoms with E-state index in [2.05, 4.69) is 10.2 Å². The molecular weight excluding hydrogens is 342 g/mol. The van der Waals surface area contributed by atoms with Gasteiger partial charge in [-0.1, -0.05) is 12.1 Å². The number of nitrogens with one attached hydrogen (secondary N) is 1. The Kier molecular flexibility index (Phi) is 4.39. The van der Waals surface area contributed by atoms with Crippen molar-refractivity contribution in [3.05, 3.63) is 59.2 Å². The fourth-order valence-corrected chi connectivity index (χ4v) is 3.69. The fraction of sp³-hybridized carbons (Fsp3) is 0.286. The van der Waals surface area contributed by atoms with Gasteiger partial charge in [0.2, 0.25) is 0 Å². The van der Waals surface area contributed by atoms with Crippen molar-refractivity contribution < 1.29 is 14.4 Å². The number of nitrogens with zero attached hydrogens (tertiary/aromatic N) is 2. The molecule has 1 N–H and O–H groups in total. The van der Waals surface area contributed by atoms with Crippen LogP contribution in [0, 0.1) is 0 Å². The maximum absolute atomic E-state index is 12.8. The first kappa shape index (κ1) is 17.3. The minimum atomic E-state index is -0.377. The van der Waals surface area contributed by atoms with Gasteiger partial charge in [0.25, 0.3) is 17.7 Å². The first-order valence-corrected chi connectivity index (χ1v) is 9.18. The molecular formula is C21H21N3O3. The van der Waals surface area contributed by atoms with Crippen molar-refractivity contribution in [2.45, 2.75) is 19.3 Å². The standard InChI is InChI=1S/C21H21N3O3/c1-23-20(26)15-10-9-14(13-16(15)21(23)27)19(25)22-17-7-3-4-8-18(17)24-11-5-2-6-12-24/h3-4,7-10,13H,2,5-6,11-12H2,1H3,(H,22,25). The van der Waals surface area contributed by atoms with Crippen molar-refractivity contribution in [3.8, 4) is 0 Å². The van der Waals surface area contributed by atoms with Crippen LogP contribution in [-0.2, 0) is 0 Å². The lowest BCUT2D eigenvalue weighted by Crippen LogP contribution is -2.30. The number of piperidine rings is 1. The van der Waals surface area contributed by atoms with Gasteiger partial charge in [-0.25, -0.2) is 0 Å². The third-order valence-electron chi connectivity index (χ3n) is 5.20. The predicted molar refractivity (Wildman–Crippen MR) is 103 cm³/mol. The van der Waals surface area contributed by atoms with Crippen molar-refractivity contribution in [1.29, 1.82) is 0 Å². The Bertz CT molecular complexity index is 932. The Morgan fingerprint density at radius 3 is 2.41 bits per heavy atom. The van der Waals surface area contributed by atoms with Crippen LogP contribution in [0.1, 0.15) is 50.3 Å². The summed E-state index contributed by atoms with van der Waals surface area (Å²) in [4.78, 5) is 40.3. The smallest absolute Gasteiger partial charge is 0.261 e. The van der Waals surface area contributed by atoms with E-state index in [4.69, 9.17) is 0 Å². The Morgan fingerprint density at radius 2 is 1.63 bits per heavy atom. The summed E-state index contributed by atoms with van der Waals surface area (Å²) < 4.78 is 0. The topological polar surface area (TPSA) is 69.7 Å². The minimum Gasteiger partial charge on any atom is -0.370 e. The highest BCUT2D eigenvalue weighted by Gasteiger charge is 2.33. The number of benzene rings is 2.